The van der Waals surface area contributed by atoms with Gasteiger partial charge in [-0.2, -0.15) is 0 Å². The molecule has 1 rings (SSSR count). The standard InChI is InChI=1S/C4H12BN/c1-4-2-3-6-5-4/h4H,2-3,5-6H2,1H3. The van der Waals surface area contributed by atoms with Gasteiger partial charge in [0.1, 0.15) is 0 Å². The van der Waals surface area contributed by atoms with Crippen LogP contribution < -0.4 is 5.23 Å². The number of hydrogen-bond donors (Lipinski definition) is 1. The summed E-state index contributed by atoms with van der Waals surface area (Å²) in [5, 5.41) is 2.50. The zero-order valence-corrected chi connectivity index (χ0v) is 4.57. The van der Waals surface area contributed by atoms with E-state index in [0.29, 0.717) is 7.41 Å². The van der Waals surface area contributed by atoms with Crippen molar-refractivity contribution in [1.29, 1.82) is 0 Å². The van der Waals surface area contributed by atoms with Crippen molar-refractivity contribution in [3.8, 4) is 0 Å². The average Bonchev–Trinajstić information content (AvgIpc) is 1.86. The molecule has 0 saturated carbocycles. The van der Waals surface area contributed by atoms with Gasteiger partial charge in [-0.05, 0) is 6.42 Å². The van der Waals surface area contributed by atoms with Gasteiger partial charge >= 0.3 is 0 Å². The molecule has 1 atom stereocenters. The Morgan fingerprint density at radius 3 is 2.83 bits per heavy atom. The van der Waals surface area contributed by atoms with E-state index in [-0.39, 0.29) is 0 Å². The summed E-state index contributed by atoms with van der Waals surface area (Å²) in [7, 11) is 0.444. The molecule has 2 heteroatoms. The molecule has 2 N–H and O–H groups in total. The lowest BCUT2D eigenvalue weighted by molar-refractivity contribution is -0.503. The van der Waals surface area contributed by atoms with E-state index < -0.39 is 0 Å². The second-order valence-corrected chi connectivity index (χ2v) is 2.71. The van der Waals surface area contributed by atoms with Crippen LogP contribution in [0.2, 0.25) is 5.82 Å². The first-order valence-corrected chi connectivity index (χ1v) is 3.05. The third-order valence-corrected chi connectivity index (χ3v) is 1.84. The van der Waals surface area contributed by atoms with Crippen LogP contribution in [0.15, 0.2) is 0 Å². The fourth-order valence-corrected chi connectivity index (χ4v) is 1.24. The highest BCUT2D eigenvalue weighted by Gasteiger charge is 2.05. The number of nitrogens with two attached hydrogens (primary N) is 1. The molecule has 36 valence electrons. The Morgan fingerprint density at radius 1 is 1.83 bits per heavy atom. The van der Waals surface area contributed by atoms with Gasteiger partial charge in [0.25, 0.3) is 0 Å². The van der Waals surface area contributed by atoms with Crippen molar-refractivity contribution in [3.63, 3.8) is 0 Å². The molecule has 1 nitrogen and oxygen atoms in total. The van der Waals surface area contributed by atoms with Gasteiger partial charge in [0, 0.05) is 6.54 Å². The first-order valence-electron chi connectivity index (χ1n) is 3.05. The van der Waals surface area contributed by atoms with Crippen molar-refractivity contribution in [2.75, 3.05) is 6.54 Å². The number of hydrogen-bond acceptors (Lipinski definition) is 0. The Kier molecular flexibility index (Phi) is 1.15. The fraction of sp³-hybridized carbons (Fsp3) is 1.00. The quantitative estimate of drug-likeness (QED) is 0.357. The molecule has 0 aromatic rings. The Morgan fingerprint density at radius 2 is 2.67 bits per heavy atom. The smallest absolute Gasteiger partial charge is 0.182 e. The minimum absolute atomic E-state index is 0.444. The van der Waals surface area contributed by atoms with Crippen LogP contribution in [0.4, 0.5) is 0 Å². The number of quaternary nitrogens is 1. The third kappa shape index (κ3) is 0.746. The molecule has 0 radical (unpaired) electrons. The number of rotatable bonds is 0. The van der Waals surface area contributed by atoms with Crippen LogP contribution in [0.1, 0.15) is 13.3 Å². The van der Waals surface area contributed by atoms with Crippen LogP contribution in [-0.2, 0) is 0 Å². The van der Waals surface area contributed by atoms with Crippen molar-refractivity contribution in [1.82, 2.24) is 0 Å². The maximum atomic E-state index is 2.50. The van der Waals surface area contributed by atoms with E-state index >= 15 is 0 Å². The highest BCUT2D eigenvalue weighted by molar-refractivity contribution is 6.26. The molecule has 0 aliphatic carbocycles. The molecule has 1 aliphatic rings. The second kappa shape index (κ2) is 1.65. The Balaban J connectivity index is 2.18. The van der Waals surface area contributed by atoms with Crippen LogP contribution in [0.3, 0.4) is 0 Å². The minimum atomic E-state index is 0.444. The van der Waals surface area contributed by atoms with Crippen LogP contribution in [0.25, 0.3) is 0 Å². The molecular formula is C4H12BN. The van der Waals surface area contributed by atoms with E-state index in [1.807, 2.05) is 0 Å². The van der Waals surface area contributed by atoms with Crippen LogP contribution >= 0.6 is 0 Å². The SMILES string of the molecule is CC1[BH2-][NH2+]CC1. The van der Waals surface area contributed by atoms with Gasteiger partial charge in [-0.25, -0.2) is 0 Å². The van der Waals surface area contributed by atoms with Gasteiger partial charge in [0.2, 0.25) is 0 Å². The summed E-state index contributed by atoms with van der Waals surface area (Å²) in [6, 6.07) is 0. The Bertz CT molecular complexity index is 40.8. The molecule has 0 bridgehead atoms. The topological polar surface area (TPSA) is 16.6 Å². The van der Waals surface area contributed by atoms with Gasteiger partial charge in [-0.1, -0.05) is 6.92 Å². The van der Waals surface area contributed by atoms with Gasteiger partial charge in [0.05, 0.1) is 0 Å². The highest BCUT2D eigenvalue weighted by atomic mass is 14.8. The van der Waals surface area contributed by atoms with Crippen molar-refractivity contribution < 1.29 is 5.23 Å². The van der Waals surface area contributed by atoms with Gasteiger partial charge in [-0.15, -0.1) is 5.82 Å². The lowest BCUT2D eigenvalue weighted by Gasteiger charge is -1.92. The zero-order valence-electron chi connectivity index (χ0n) is 4.57. The minimum Gasteiger partial charge on any atom is -0.541 e. The molecule has 1 fully saturated rings. The summed E-state index contributed by atoms with van der Waals surface area (Å²) < 4.78 is 0. The molecule has 6 heavy (non-hydrogen) atoms. The maximum Gasteiger partial charge on any atom is 0.182 e. The summed E-state index contributed by atoms with van der Waals surface area (Å²) in [6.45, 7) is 3.78. The van der Waals surface area contributed by atoms with E-state index in [0.717, 1.165) is 5.82 Å². The monoisotopic (exact) mass is 85.1 g/mol. The summed E-state index contributed by atoms with van der Waals surface area (Å²) in [5.74, 6) is 1.12. The van der Waals surface area contributed by atoms with Gasteiger partial charge in [-0.3, -0.25) is 0 Å². The Hall–Kier alpha value is 0.0249. The summed E-state index contributed by atoms with van der Waals surface area (Å²) in [6.07, 6.45) is 1.49. The largest absolute Gasteiger partial charge is 0.541 e. The van der Waals surface area contributed by atoms with Crippen LogP contribution in [-0.4, -0.2) is 14.0 Å². The second-order valence-electron chi connectivity index (χ2n) is 2.71. The molecule has 1 saturated heterocycles. The van der Waals surface area contributed by atoms with Gasteiger partial charge in [0.15, 0.2) is 7.41 Å². The van der Waals surface area contributed by atoms with E-state index in [2.05, 4.69) is 12.2 Å². The van der Waals surface area contributed by atoms with E-state index in [1.54, 1.807) is 0 Å². The molecule has 0 aromatic carbocycles. The zero-order chi connectivity index (χ0) is 4.41. The normalized spacial score (nSPS) is 34.5. The Labute approximate surface area is 39.4 Å². The molecule has 0 amide bonds. The average molecular weight is 85.0 g/mol. The predicted molar refractivity (Wildman–Crippen MR) is 29.4 cm³/mol. The fourth-order valence-electron chi connectivity index (χ4n) is 1.24. The predicted octanol–water partition coefficient (Wildman–Crippen LogP) is -1.15. The van der Waals surface area contributed by atoms with Crippen molar-refractivity contribution in [3.05, 3.63) is 0 Å². The van der Waals surface area contributed by atoms with E-state index in [9.17, 15) is 0 Å². The summed E-state index contributed by atoms with van der Waals surface area (Å²) in [5.41, 5.74) is 0. The van der Waals surface area contributed by atoms with Crippen molar-refractivity contribution in [2.45, 2.75) is 19.2 Å². The summed E-state index contributed by atoms with van der Waals surface area (Å²) in [4.78, 5) is 0. The lowest BCUT2D eigenvalue weighted by atomic mass is 9.80. The molecule has 1 heterocycles. The molecule has 1 unspecified atom stereocenters. The summed E-state index contributed by atoms with van der Waals surface area (Å²) >= 11 is 0. The van der Waals surface area contributed by atoms with Gasteiger partial charge < -0.3 is 5.23 Å². The van der Waals surface area contributed by atoms with Crippen molar-refractivity contribution >= 4 is 7.41 Å². The molecule has 0 spiro atoms. The van der Waals surface area contributed by atoms with E-state index in [1.165, 1.54) is 13.0 Å². The molecule has 1 aliphatic heterocycles. The van der Waals surface area contributed by atoms with E-state index in [4.69, 9.17) is 0 Å². The highest BCUT2D eigenvalue weighted by Crippen LogP contribution is 2.03. The third-order valence-electron chi connectivity index (χ3n) is 1.84. The first kappa shape index (κ1) is 4.19. The first-order chi connectivity index (χ1) is 2.89. The molecule has 0 aromatic heterocycles. The van der Waals surface area contributed by atoms with Crippen LogP contribution in [0, 0.1) is 0 Å². The van der Waals surface area contributed by atoms with Crippen LogP contribution in [0.5, 0.6) is 0 Å². The maximum absolute atomic E-state index is 2.50. The van der Waals surface area contributed by atoms with Crippen molar-refractivity contribution in [2.24, 2.45) is 0 Å². The lowest BCUT2D eigenvalue weighted by Crippen LogP contribution is -2.83. The molecular weight excluding hydrogens is 72.9 g/mol.